The summed E-state index contributed by atoms with van der Waals surface area (Å²) >= 11 is 6.11. The van der Waals surface area contributed by atoms with Crippen LogP contribution in [-0.2, 0) is 0 Å². The van der Waals surface area contributed by atoms with Crippen LogP contribution in [-0.4, -0.2) is 25.0 Å². The lowest BCUT2D eigenvalue weighted by molar-refractivity contribution is 0.102. The van der Waals surface area contributed by atoms with E-state index >= 15 is 0 Å². The predicted octanol–water partition coefficient (Wildman–Crippen LogP) is 5.11. The van der Waals surface area contributed by atoms with Crippen molar-refractivity contribution in [2.75, 3.05) is 29.6 Å². The number of rotatable bonds is 5. The van der Waals surface area contributed by atoms with Gasteiger partial charge in [-0.1, -0.05) is 17.7 Å². The van der Waals surface area contributed by atoms with Crippen molar-refractivity contribution in [3.8, 4) is 0 Å². The maximum atomic E-state index is 12.5. The van der Waals surface area contributed by atoms with E-state index in [1.807, 2.05) is 68.4 Å². The van der Waals surface area contributed by atoms with Crippen molar-refractivity contribution >= 4 is 40.3 Å². The van der Waals surface area contributed by atoms with Crippen molar-refractivity contribution in [2.24, 2.45) is 0 Å². The summed E-state index contributed by atoms with van der Waals surface area (Å²) in [5.41, 5.74) is 4.75. The van der Waals surface area contributed by atoms with E-state index < -0.39 is 0 Å². The molecule has 138 valence electrons. The number of carbonyl (C=O) groups is 1. The first-order valence-corrected chi connectivity index (χ1v) is 8.88. The standard InChI is InChI=1S/C21H21ClN4O/c1-14-4-5-16(12-19(14)22)25-21(27)20-13-17(10-11-23-20)24-15-6-8-18(9-7-15)26(2)3/h4-13H,1-3H3,(H,23,24)(H,25,27). The molecule has 0 bridgehead atoms. The van der Waals surface area contributed by atoms with Gasteiger partial charge in [0.1, 0.15) is 5.69 Å². The van der Waals surface area contributed by atoms with Gasteiger partial charge in [-0.05, 0) is 61.0 Å². The van der Waals surface area contributed by atoms with Crippen molar-refractivity contribution < 1.29 is 4.79 Å². The van der Waals surface area contributed by atoms with E-state index in [4.69, 9.17) is 11.6 Å². The molecule has 2 aromatic carbocycles. The Morgan fingerprint density at radius 3 is 2.33 bits per heavy atom. The van der Waals surface area contributed by atoms with Gasteiger partial charge in [0.2, 0.25) is 0 Å². The van der Waals surface area contributed by atoms with Crippen LogP contribution in [0.4, 0.5) is 22.7 Å². The molecule has 0 fully saturated rings. The zero-order valence-corrected chi connectivity index (χ0v) is 16.2. The smallest absolute Gasteiger partial charge is 0.274 e. The van der Waals surface area contributed by atoms with E-state index in [9.17, 15) is 4.79 Å². The van der Waals surface area contributed by atoms with Crippen LogP contribution < -0.4 is 15.5 Å². The number of hydrogen-bond donors (Lipinski definition) is 2. The number of carbonyl (C=O) groups excluding carboxylic acids is 1. The number of benzene rings is 2. The molecule has 0 aliphatic heterocycles. The quantitative estimate of drug-likeness (QED) is 0.646. The third kappa shape index (κ3) is 4.77. The van der Waals surface area contributed by atoms with Crippen LogP contribution in [0.3, 0.4) is 0 Å². The molecule has 0 aliphatic carbocycles. The summed E-state index contributed by atoms with van der Waals surface area (Å²) in [5.74, 6) is -0.290. The molecule has 6 heteroatoms. The molecular formula is C21H21ClN4O. The van der Waals surface area contributed by atoms with Crippen LogP contribution in [0.15, 0.2) is 60.8 Å². The fraction of sp³-hybridized carbons (Fsp3) is 0.143. The number of amides is 1. The number of pyridine rings is 1. The molecule has 3 rings (SSSR count). The third-order valence-corrected chi connectivity index (χ3v) is 4.50. The Balaban J connectivity index is 1.72. The first kappa shape index (κ1) is 18.7. The molecule has 27 heavy (non-hydrogen) atoms. The highest BCUT2D eigenvalue weighted by atomic mass is 35.5. The summed E-state index contributed by atoms with van der Waals surface area (Å²) in [4.78, 5) is 18.7. The van der Waals surface area contributed by atoms with Crippen molar-refractivity contribution in [2.45, 2.75) is 6.92 Å². The summed E-state index contributed by atoms with van der Waals surface area (Å²) in [6.45, 7) is 1.91. The summed E-state index contributed by atoms with van der Waals surface area (Å²) in [6.07, 6.45) is 1.60. The normalized spacial score (nSPS) is 10.4. The first-order chi connectivity index (χ1) is 12.9. The first-order valence-electron chi connectivity index (χ1n) is 8.50. The van der Waals surface area contributed by atoms with Gasteiger partial charge in [-0.15, -0.1) is 0 Å². The zero-order chi connectivity index (χ0) is 19.4. The average molecular weight is 381 g/mol. The highest BCUT2D eigenvalue weighted by Gasteiger charge is 2.09. The van der Waals surface area contributed by atoms with Crippen LogP contribution in [0.2, 0.25) is 5.02 Å². The minimum Gasteiger partial charge on any atom is -0.378 e. The van der Waals surface area contributed by atoms with Crippen molar-refractivity contribution in [1.29, 1.82) is 0 Å². The Morgan fingerprint density at radius 2 is 1.67 bits per heavy atom. The van der Waals surface area contributed by atoms with Gasteiger partial charge in [0.05, 0.1) is 0 Å². The Morgan fingerprint density at radius 1 is 0.963 bits per heavy atom. The van der Waals surface area contributed by atoms with E-state index in [0.29, 0.717) is 16.4 Å². The molecule has 0 aliphatic rings. The predicted molar refractivity (Wildman–Crippen MR) is 112 cm³/mol. The summed E-state index contributed by atoms with van der Waals surface area (Å²) in [6, 6.07) is 17.0. The van der Waals surface area contributed by atoms with E-state index in [2.05, 4.69) is 15.6 Å². The fourth-order valence-electron chi connectivity index (χ4n) is 2.51. The average Bonchev–Trinajstić information content (AvgIpc) is 2.65. The molecule has 0 spiro atoms. The molecule has 1 amide bonds. The number of aryl methyl sites for hydroxylation is 1. The number of hydrogen-bond acceptors (Lipinski definition) is 4. The van der Waals surface area contributed by atoms with Crippen LogP contribution in [0.5, 0.6) is 0 Å². The molecule has 2 N–H and O–H groups in total. The van der Waals surface area contributed by atoms with Gasteiger partial charge in [0, 0.05) is 48.1 Å². The second kappa shape index (κ2) is 8.10. The lowest BCUT2D eigenvalue weighted by Crippen LogP contribution is -2.13. The molecule has 0 saturated heterocycles. The maximum Gasteiger partial charge on any atom is 0.274 e. The van der Waals surface area contributed by atoms with Gasteiger partial charge >= 0.3 is 0 Å². The zero-order valence-electron chi connectivity index (χ0n) is 15.5. The van der Waals surface area contributed by atoms with Gasteiger partial charge < -0.3 is 15.5 Å². The molecule has 0 unspecified atom stereocenters. The number of halogens is 1. The van der Waals surface area contributed by atoms with Gasteiger partial charge in [-0.25, -0.2) is 0 Å². The Labute approximate surface area is 164 Å². The molecular weight excluding hydrogens is 360 g/mol. The Hall–Kier alpha value is -3.05. The second-order valence-corrected chi connectivity index (χ2v) is 6.82. The van der Waals surface area contributed by atoms with Crippen molar-refractivity contribution in [1.82, 2.24) is 4.98 Å². The number of anilines is 4. The molecule has 0 saturated carbocycles. The highest BCUT2D eigenvalue weighted by Crippen LogP contribution is 2.22. The van der Waals surface area contributed by atoms with Crippen molar-refractivity contribution in [3.63, 3.8) is 0 Å². The minimum atomic E-state index is -0.290. The number of nitrogens with one attached hydrogen (secondary N) is 2. The molecule has 1 heterocycles. The minimum absolute atomic E-state index is 0.290. The molecule has 0 radical (unpaired) electrons. The van der Waals surface area contributed by atoms with Crippen LogP contribution in [0.1, 0.15) is 16.1 Å². The van der Waals surface area contributed by atoms with Crippen LogP contribution >= 0.6 is 11.6 Å². The lowest BCUT2D eigenvalue weighted by atomic mass is 10.2. The number of aromatic nitrogens is 1. The van der Waals surface area contributed by atoms with Crippen LogP contribution in [0.25, 0.3) is 0 Å². The SMILES string of the molecule is Cc1ccc(NC(=O)c2cc(Nc3ccc(N(C)C)cc3)ccn2)cc1Cl. The molecule has 1 aromatic heterocycles. The summed E-state index contributed by atoms with van der Waals surface area (Å²) < 4.78 is 0. The van der Waals surface area contributed by atoms with Gasteiger partial charge in [-0.2, -0.15) is 0 Å². The van der Waals surface area contributed by atoms with E-state index in [-0.39, 0.29) is 5.91 Å². The highest BCUT2D eigenvalue weighted by molar-refractivity contribution is 6.31. The fourth-order valence-corrected chi connectivity index (χ4v) is 2.69. The third-order valence-electron chi connectivity index (χ3n) is 4.09. The topological polar surface area (TPSA) is 57.3 Å². The van der Waals surface area contributed by atoms with Crippen molar-refractivity contribution in [3.05, 3.63) is 77.1 Å². The molecule has 0 atom stereocenters. The molecule has 5 nitrogen and oxygen atoms in total. The maximum absolute atomic E-state index is 12.5. The van der Waals surface area contributed by atoms with Gasteiger partial charge in [0.25, 0.3) is 5.91 Å². The number of nitrogens with zero attached hydrogens (tertiary/aromatic N) is 2. The Kier molecular flexibility index (Phi) is 5.62. The van der Waals surface area contributed by atoms with E-state index in [1.165, 1.54) is 0 Å². The summed E-state index contributed by atoms with van der Waals surface area (Å²) in [5, 5.41) is 6.71. The lowest BCUT2D eigenvalue weighted by Gasteiger charge is -2.13. The van der Waals surface area contributed by atoms with Gasteiger partial charge in [-0.3, -0.25) is 9.78 Å². The largest absolute Gasteiger partial charge is 0.378 e. The molecule has 3 aromatic rings. The van der Waals surface area contributed by atoms with E-state index in [0.717, 1.165) is 22.6 Å². The van der Waals surface area contributed by atoms with Gasteiger partial charge in [0.15, 0.2) is 0 Å². The van der Waals surface area contributed by atoms with E-state index in [1.54, 1.807) is 18.3 Å². The van der Waals surface area contributed by atoms with Crippen LogP contribution in [0, 0.1) is 6.92 Å². The second-order valence-electron chi connectivity index (χ2n) is 6.41. The summed E-state index contributed by atoms with van der Waals surface area (Å²) in [7, 11) is 3.99. The monoisotopic (exact) mass is 380 g/mol. The Bertz CT molecular complexity index is 955.